The molecule has 3 saturated heterocycles. The number of carboxylic acids is 1. The third kappa shape index (κ3) is 3.83. The van der Waals surface area contributed by atoms with E-state index in [1.807, 2.05) is 0 Å². The molecule has 0 aliphatic carbocycles. The zero-order valence-electron chi connectivity index (χ0n) is 11.9. The number of piperidine rings is 3. The molecule has 0 aromatic rings. The first-order chi connectivity index (χ1) is 9.60. The Morgan fingerprint density at radius 2 is 2.10 bits per heavy atom. The Morgan fingerprint density at radius 1 is 1.40 bits per heavy atom. The molecule has 0 saturated carbocycles. The van der Waals surface area contributed by atoms with E-state index in [1.54, 1.807) is 0 Å². The van der Waals surface area contributed by atoms with E-state index in [-0.39, 0.29) is 25.2 Å². The summed E-state index contributed by atoms with van der Waals surface area (Å²) in [6.45, 7) is 3.42. The molecule has 114 valence electrons. The van der Waals surface area contributed by atoms with E-state index in [4.69, 9.17) is 9.84 Å². The zero-order valence-corrected chi connectivity index (χ0v) is 11.9. The van der Waals surface area contributed by atoms with E-state index in [9.17, 15) is 9.59 Å². The van der Waals surface area contributed by atoms with Gasteiger partial charge in [-0.2, -0.15) is 0 Å². The van der Waals surface area contributed by atoms with Crippen molar-refractivity contribution in [3.05, 3.63) is 0 Å². The van der Waals surface area contributed by atoms with E-state index in [1.165, 1.54) is 12.0 Å². The average Bonchev–Trinajstić information content (AvgIpc) is 2.44. The smallest absolute Gasteiger partial charge is 0.323 e. The molecule has 2 N–H and O–H groups in total. The highest BCUT2D eigenvalue weighted by Gasteiger charge is 2.35. The van der Waals surface area contributed by atoms with Crippen LogP contribution >= 0.6 is 0 Å². The Morgan fingerprint density at radius 3 is 2.60 bits per heavy atom. The number of amides is 2. The van der Waals surface area contributed by atoms with E-state index in [2.05, 4.69) is 10.2 Å². The van der Waals surface area contributed by atoms with Crippen molar-refractivity contribution in [3.8, 4) is 0 Å². The maximum Gasteiger partial charge on any atom is 0.323 e. The van der Waals surface area contributed by atoms with E-state index in [0.717, 1.165) is 32.5 Å². The van der Waals surface area contributed by atoms with Crippen LogP contribution in [0.1, 0.15) is 12.8 Å². The minimum Gasteiger partial charge on any atom is -0.480 e. The van der Waals surface area contributed by atoms with Crippen molar-refractivity contribution in [1.82, 2.24) is 15.1 Å². The first-order valence-electron chi connectivity index (χ1n) is 7.08. The third-order valence-corrected chi connectivity index (χ3v) is 4.14. The SMILES string of the molecule is COCCN(CC(=O)O)C(=O)NC1CN2CCC1CC2. The molecule has 20 heavy (non-hydrogen) atoms. The van der Waals surface area contributed by atoms with Crippen molar-refractivity contribution < 1.29 is 19.4 Å². The number of urea groups is 1. The molecular formula is C13H23N3O4. The van der Waals surface area contributed by atoms with E-state index >= 15 is 0 Å². The minimum atomic E-state index is -1.01. The minimum absolute atomic E-state index is 0.142. The summed E-state index contributed by atoms with van der Waals surface area (Å²) < 4.78 is 4.92. The quantitative estimate of drug-likeness (QED) is 0.707. The summed E-state index contributed by atoms with van der Waals surface area (Å²) in [6.07, 6.45) is 2.23. The van der Waals surface area contributed by atoms with Crippen LogP contribution in [0, 0.1) is 5.92 Å². The Kier molecular flexibility index (Phi) is 5.19. The van der Waals surface area contributed by atoms with Gasteiger partial charge in [-0.05, 0) is 31.8 Å². The van der Waals surface area contributed by atoms with Gasteiger partial charge in [0.1, 0.15) is 6.54 Å². The summed E-state index contributed by atoms with van der Waals surface area (Å²) in [5.74, 6) is -0.483. The van der Waals surface area contributed by atoms with E-state index in [0.29, 0.717) is 12.5 Å². The molecule has 7 nitrogen and oxygen atoms in total. The van der Waals surface area contributed by atoms with Gasteiger partial charge >= 0.3 is 12.0 Å². The van der Waals surface area contributed by atoms with Gasteiger partial charge in [-0.1, -0.05) is 0 Å². The standard InChI is InChI=1S/C13H23N3O4/c1-20-7-6-16(9-12(17)18)13(19)14-11-8-15-4-2-10(11)3-5-15/h10-11H,2-9H2,1H3,(H,14,19)(H,17,18). The lowest BCUT2D eigenvalue weighted by atomic mass is 9.84. The van der Waals surface area contributed by atoms with Crippen LogP contribution in [0.15, 0.2) is 0 Å². The third-order valence-electron chi connectivity index (χ3n) is 4.14. The van der Waals surface area contributed by atoms with Crippen LogP contribution in [0.3, 0.4) is 0 Å². The van der Waals surface area contributed by atoms with Gasteiger partial charge in [0.15, 0.2) is 0 Å². The van der Waals surface area contributed by atoms with Crippen molar-refractivity contribution in [2.45, 2.75) is 18.9 Å². The molecule has 2 bridgehead atoms. The topological polar surface area (TPSA) is 82.1 Å². The van der Waals surface area contributed by atoms with Crippen molar-refractivity contribution in [1.29, 1.82) is 0 Å². The summed E-state index contributed by atoms with van der Waals surface area (Å²) in [4.78, 5) is 26.7. The van der Waals surface area contributed by atoms with Crippen molar-refractivity contribution >= 4 is 12.0 Å². The number of aliphatic carboxylic acids is 1. The van der Waals surface area contributed by atoms with Crippen LogP contribution in [0.2, 0.25) is 0 Å². The molecule has 0 radical (unpaired) electrons. The first kappa shape index (κ1) is 15.1. The molecule has 2 amide bonds. The van der Waals surface area contributed by atoms with Crippen LogP contribution in [-0.4, -0.2) is 79.4 Å². The molecule has 3 aliphatic heterocycles. The highest BCUT2D eigenvalue weighted by atomic mass is 16.5. The molecule has 1 unspecified atom stereocenters. The molecule has 0 aromatic carbocycles. The number of carbonyl (C=O) groups excluding carboxylic acids is 1. The lowest BCUT2D eigenvalue weighted by molar-refractivity contribution is -0.137. The lowest BCUT2D eigenvalue weighted by Gasteiger charge is -2.45. The van der Waals surface area contributed by atoms with Crippen LogP contribution in [-0.2, 0) is 9.53 Å². The summed E-state index contributed by atoms with van der Waals surface area (Å²) in [5.41, 5.74) is 0. The number of nitrogens with zero attached hydrogens (tertiary/aromatic N) is 2. The van der Waals surface area contributed by atoms with Crippen molar-refractivity contribution in [2.75, 3.05) is 46.4 Å². The lowest BCUT2D eigenvalue weighted by Crippen LogP contribution is -2.59. The average molecular weight is 285 g/mol. The second-order valence-electron chi connectivity index (χ2n) is 5.50. The fourth-order valence-electron chi connectivity index (χ4n) is 3.00. The van der Waals surface area contributed by atoms with Crippen LogP contribution in [0.4, 0.5) is 4.79 Å². The molecule has 7 heteroatoms. The van der Waals surface area contributed by atoms with Gasteiger partial charge in [-0.25, -0.2) is 4.79 Å². The van der Waals surface area contributed by atoms with Crippen LogP contribution in [0.25, 0.3) is 0 Å². The summed E-state index contributed by atoms with van der Waals surface area (Å²) in [5, 5.41) is 11.9. The number of ether oxygens (including phenoxy) is 1. The van der Waals surface area contributed by atoms with Gasteiger partial charge in [0.05, 0.1) is 6.61 Å². The normalized spacial score (nSPS) is 28.1. The second kappa shape index (κ2) is 6.90. The number of hydrogen-bond donors (Lipinski definition) is 2. The van der Waals surface area contributed by atoms with Crippen molar-refractivity contribution in [3.63, 3.8) is 0 Å². The molecule has 3 heterocycles. The predicted molar refractivity (Wildman–Crippen MR) is 72.6 cm³/mol. The Labute approximate surface area is 118 Å². The Balaban J connectivity index is 1.88. The highest BCUT2D eigenvalue weighted by Crippen LogP contribution is 2.27. The fraction of sp³-hybridized carbons (Fsp3) is 0.846. The number of nitrogens with one attached hydrogen (secondary N) is 1. The highest BCUT2D eigenvalue weighted by molar-refractivity contribution is 5.80. The number of rotatable bonds is 6. The molecule has 0 spiro atoms. The van der Waals surface area contributed by atoms with Gasteiger partial charge in [0.2, 0.25) is 0 Å². The monoisotopic (exact) mass is 285 g/mol. The molecule has 3 aliphatic rings. The number of carboxylic acid groups (broad SMARTS) is 1. The van der Waals surface area contributed by atoms with Crippen LogP contribution < -0.4 is 5.32 Å². The zero-order chi connectivity index (χ0) is 14.5. The molecule has 3 fully saturated rings. The molecule has 0 aromatic heterocycles. The number of methoxy groups -OCH3 is 1. The maximum atomic E-state index is 12.2. The number of carbonyl (C=O) groups is 2. The second-order valence-corrected chi connectivity index (χ2v) is 5.50. The Bertz CT molecular complexity index is 356. The summed E-state index contributed by atoms with van der Waals surface area (Å²) in [6, 6.07) is -0.160. The van der Waals surface area contributed by atoms with Crippen LogP contribution in [0.5, 0.6) is 0 Å². The van der Waals surface area contributed by atoms with Crippen molar-refractivity contribution in [2.24, 2.45) is 5.92 Å². The largest absolute Gasteiger partial charge is 0.480 e. The van der Waals surface area contributed by atoms with Gasteiger partial charge in [0.25, 0.3) is 0 Å². The van der Waals surface area contributed by atoms with Gasteiger partial charge in [0, 0.05) is 26.2 Å². The molecule has 1 atom stereocenters. The maximum absolute atomic E-state index is 12.2. The molecular weight excluding hydrogens is 262 g/mol. The van der Waals surface area contributed by atoms with Gasteiger partial charge in [-0.15, -0.1) is 0 Å². The summed E-state index contributed by atoms with van der Waals surface area (Å²) >= 11 is 0. The Hall–Kier alpha value is -1.34. The molecule has 3 rings (SSSR count). The predicted octanol–water partition coefficient (Wildman–Crippen LogP) is -0.177. The van der Waals surface area contributed by atoms with Gasteiger partial charge < -0.3 is 25.0 Å². The van der Waals surface area contributed by atoms with Gasteiger partial charge in [-0.3, -0.25) is 4.79 Å². The number of fused-ring (bicyclic) bond motifs is 3. The number of hydrogen-bond acceptors (Lipinski definition) is 4. The first-order valence-corrected chi connectivity index (χ1v) is 7.08. The fourth-order valence-corrected chi connectivity index (χ4v) is 3.00. The van der Waals surface area contributed by atoms with E-state index < -0.39 is 5.97 Å². The summed E-state index contributed by atoms with van der Waals surface area (Å²) in [7, 11) is 1.53.